The van der Waals surface area contributed by atoms with E-state index in [9.17, 15) is 4.79 Å². The van der Waals surface area contributed by atoms with Crippen LogP contribution in [0.5, 0.6) is 0 Å². The highest BCUT2D eigenvalue weighted by molar-refractivity contribution is 9.10. The highest BCUT2D eigenvalue weighted by atomic mass is 79.9. The van der Waals surface area contributed by atoms with Crippen LogP contribution in [0.15, 0.2) is 15.9 Å². The van der Waals surface area contributed by atoms with E-state index in [1.165, 1.54) is 11.3 Å². The predicted molar refractivity (Wildman–Crippen MR) is 51.4 cm³/mol. The zero-order valence-electron chi connectivity index (χ0n) is 6.16. The second-order valence-electron chi connectivity index (χ2n) is 2.24. The van der Waals surface area contributed by atoms with Crippen LogP contribution in [0.3, 0.4) is 0 Å². The average Bonchev–Trinajstić information content (AvgIpc) is 2.49. The van der Waals surface area contributed by atoms with Crippen LogP contribution in [0.4, 0.5) is 0 Å². The highest BCUT2D eigenvalue weighted by Crippen LogP contribution is 2.20. The van der Waals surface area contributed by atoms with Crippen molar-refractivity contribution in [2.45, 2.75) is 6.10 Å². The molecule has 1 heterocycles. The van der Waals surface area contributed by atoms with Gasteiger partial charge >= 0.3 is 0 Å². The van der Waals surface area contributed by atoms with Crippen molar-refractivity contribution < 1.29 is 9.90 Å². The Hall–Kier alpha value is -0.230. The molecule has 0 aliphatic rings. The summed E-state index contributed by atoms with van der Waals surface area (Å²) in [5.74, 6) is -0.312. The Balaban J connectivity index is 2.78. The molecule has 0 saturated heterocycles. The quantitative estimate of drug-likeness (QED) is 0.787. The predicted octanol–water partition coefficient (Wildman–Crippen LogP) is 1.01. The van der Waals surface area contributed by atoms with Crippen LogP contribution in [0.25, 0.3) is 0 Å². The zero-order chi connectivity index (χ0) is 9.14. The summed E-state index contributed by atoms with van der Waals surface area (Å²) in [5, 5.41) is 10.9. The molecule has 0 aliphatic carbocycles. The van der Waals surface area contributed by atoms with Gasteiger partial charge in [-0.1, -0.05) is 0 Å². The Morgan fingerprint density at radius 2 is 2.50 bits per heavy atom. The van der Waals surface area contributed by atoms with Gasteiger partial charge in [-0.2, -0.15) is 0 Å². The molecule has 0 saturated carbocycles. The monoisotopic (exact) mass is 249 g/mol. The van der Waals surface area contributed by atoms with Crippen molar-refractivity contribution in [1.82, 2.24) is 0 Å². The molecule has 1 atom stereocenters. The van der Waals surface area contributed by atoms with Crippen LogP contribution in [-0.2, 0) is 0 Å². The minimum absolute atomic E-state index is 0.0334. The van der Waals surface area contributed by atoms with Gasteiger partial charge in [0.2, 0.25) is 5.78 Å². The number of hydrogen-bond donors (Lipinski definition) is 2. The number of rotatable bonds is 3. The summed E-state index contributed by atoms with van der Waals surface area (Å²) in [4.78, 5) is 11.8. The van der Waals surface area contributed by atoms with Gasteiger partial charge in [-0.3, -0.25) is 4.79 Å². The van der Waals surface area contributed by atoms with Crippen LogP contribution < -0.4 is 5.73 Å². The van der Waals surface area contributed by atoms with Crippen LogP contribution in [-0.4, -0.2) is 23.5 Å². The molecular formula is C7H8BrNO2S. The first kappa shape index (κ1) is 9.85. The fourth-order valence-corrected chi connectivity index (χ4v) is 2.13. The number of hydrogen-bond acceptors (Lipinski definition) is 4. The molecule has 12 heavy (non-hydrogen) atoms. The summed E-state index contributed by atoms with van der Waals surface area (Å²) in [7, 11) is 0. The van der Waals surface area contributed by atoms with Gasteiger partial charge < -0.3 is 10.8 Å². The fraction of sp³-hybridized carbons (Fsp3) is 0.286. The van der Waals surface area contributed by atoms with Gasteiger partial charge in [-0.15, -0.1) is 11.3 Å². The van der Waals surface area contributed by atoms with Crippen LogP contribution in [0.2, 0.25) is 0 Å². The Labute approximate surface area is 82.3 Å². The third-order valence-electron chi connectivity index (χ3n) is 1.34. The number of carbonyl (C=O) groups is 1. The zero-order valence-corrected chi connectivity index (χ0v) is 8.56. The second kappa shape index (κ2) is 4.13. The minimum atomic E-state index is -1.07. The maximum Gasteiger partial charge on any atom is 0.202 e. The van der Waals surface area contributed by atoms with E-state index in [-0.39, 0.29) is 12.3 Å². The topological polar surface area (TPSA) is 63.3 Å². The van der Waals surface area contributed by atoms with E-state index in [1.807, 2.05) is 0 Å². The van der Waals surface area contributed by atoms with Gasteiger partial charge in [-0.25, -0.2) is 0 Å². The summed E-state index contributed by atoms with van der Waals surface area (Å²) in [6.07, 6.45) is -1.07. The smallest absolute Gasteiger partial charge is 0.202 e. The molecule has 5 heteroatoms. The van der Waals surface area contributed by atoms with E-state index < -0.39 is 6.10 Å². The number of Topliss-reactive ketones (excluding diaryl/α,β-unsaturated/α-hetero) is 1. The molecule has 1 unspecified atom stereocenters. The van der Waals surface area contributed by atoms with E-state index >= 15 is 0 Å². The molecule has 0 aromatic carbocycles. The Kier molecular flexibility index (Phi) is 3.39. The van der Waals surface area contributed by atoms with E-state index in [2.05, 4.69) is 15.9 Å². The third-order valence-corrected chi connectivity index (χ3v) is 3.04. The molecule has 0 bridgehead atoms. The molecule has 1 aromatic heterocycles. The first-order valence-electron chi connectivity index (χ1n) is 3.31. The van der Waals surface area contributed by atoms with Crippen molar-refractivity contribution >= 4 is 33.0 Å². The van der Waals surface area contributed by atoms with Gasteiger partial charge in [0.1, 0.15) is 6.10 Å². The van der Waals surface area contributed by atoms with Crippen molar-refractivity contribution in [3.63, 3.8) is 0 Å². The third kappa shape index (κ3) is 2.13. The highest BCUT2D eigenvalue weighted by Gasteiger charge is 2.16. The number of nitrogens with two attached hydrogens (primary N) is 1. The van der Waals surface area contributed by atoms with Gasteiger partial charge in [0.15, 0.2) is 0 Å². The Morgan fingerprint density at radius 3 is 2.92 bits per heavy atom. The van der Waals surface area contributed by atoms with E-state index in [0.29, 0.717) is 4.88 Å². The molecular weight excluding hydrogens is 242 g/mol. The number of aliphatic hydroxyl groups excluding tert-OH is 1. The lowest BCUT2D eigenvalue weighted by Gasteiger charge is -2.02. The number of ketones is 1. The van der Waals surface area contributed by atoms with Crippen molar-refractivity contribution in [1.29, 1.82) is 0 Å². The number of aliphatic hydroxyl groups is 1. The summed E-state index contributed by atoms with van der Waals surface area (Å²) in [6, 6.07) is 1.67. The van der Waals surface area contributed by atoms with Crippen LogP contribution in [0.1, 0.15) is 9.67 Å². The average molecular weight is 250 g/mol. The summed E-state index contributed by atoms with van der Waals surface area (Å²) >= 11 is 4.51. The minimum Gasteiger partial charge on any atom is -0.384 e. The van der Waals surface area contributed by atoms with E-state index in [4.69, 9.17) is 10.8 Å². The van der Waals surface area contributed by atoms with E-state index in [0.717, 1.165) is 4.47 Å². The van der Waals surface area contributed by atoms with E-state index in [1.54, 1.807) is 11.4 Å². The molecule has 1 rings (SSSR count). The first-order chi connectivity index (χ1) is 5.65. The fourth-order valence-electron chi connectivity index (χ4n) is 0.714. The van der Waals surface area contributed by atoms with Crippen molar-refractivity contribution in [3.05, 3.63) is 20.8 Å². The molecule has 3 nitrogen and oxygen atoms in total. The SMILES string of the molecule is NCC(O)C(=O)c1cc(Br)cs1. The number of carbonyl (C=O) groups excluding carboxylic acids is 1. The second-order valence-corrected chi connectivity index (χ2v) is 4.07. The van der Waals surface area contributed by atoms with Gasteiger partial charge in [-0.05, 0) is 22.0 Å². The largest absolute Gasteiger partial charge is 0.384 e. The molecule has 0 spiro atoms. The summed E-state index contributed by atoms with van der Waals surface area (Å²) in [5.41, 5.74) is 5.14. The number of thiophene rings is 1. The van der Waals surface area contributed by atoms with Crippen molar-refractivity contribution in [2.24, 2.45) is 5.73 Å². The molecule has 0 amide bonds. The summed E-state index contributed by atoms with van der Waals surface area (Å²) in [6.45, 7) is -0.0334. The standard InChI is InChI=1S/C7H8BrNO2S/c8-4-1-6(12-3-4)7(11)5(10)2-9/h1,3,5,10H,2,9H2. The number of halogens is 1. The lowest BCUT2D eigenvalue weighted by molar-refractivity contribution is 0.0767. The molecule has 0 aliphatic heterocycles. The maximum absolute atomic E-state index is 11.2. The summed E-state index contributed by atoms with van der Waals surface area (Å²) < 4.78 is 0.847. The normalized spacial score (nSPS) is 12.9. The van der Waals surface area contributed by atoms with Crippen LogP contribution >= 0.6 is 27.3 Å². The van der Waals surface area contributed by atoms with Gasteiger partial charge in [0.25, 0.3) is 0 Å². The van der Waals surface area contributed by atoms with Gasteiger partial charge in [0.05, 0.1) is 4.88 Å². The van der Waals surface area contributed by atoms with Gasteiger partial charge in [0, 0.05) is 16.4 Å². The van der Waals surface area contributed by atoms with Crippen molar-refractivity contribution in [2.75, 3.05) is 6.54 Å². The lowest BCUT2D eigenvalue weighted by Crippen LogP contribution is -2.28. The first-order valence-corrected chi connectivity index (χ1v) is 4.98. The van der Waals surface area contributed by atoms with Crippen molar-refractivity contribution in [3.8, 4) is 0 Å². The maximum atomic E-state index is 11.2. The molecule has 66 valence electrons. The molecule has 1 aromatic rings. The lowest BCUT2D eigenvalue weighted by atomic mass is 10.2. The Morgan fingerprint density at radius 1 is 1.83 bits per heavy atom. The molecule has 3 N–H and O–H groups in total. The Bertz CT molecular complexity index is 287. The van der Waals surface area contributed by atoms with Crippen LogP contribution in [0, 0.1) is 0 Å². The molecule has 0 radical (unpaired) electrons. The molecule has 0 fully saturated rings.